The van der Waals surface area contributed by atoms with Gasteiger partial charge < -0.3 is 24.5 Å². The SMILES string of the molecule is COCCC1(CN=C(NCCc2ccco2)NCC2CCOC2)CC1.I. The summed E-state index contributed by atoms with van der Waals surface area (Å²) in [4.78, 5) is 4.86. The van der Waals surface area contributed by atoms with E-state index < -0.39 is 0 Å². The van der Waals surface area contributed by atoms with Crippen LogP contribution >= 0.6 is 24.0 Å². The largest absolute Gasteiger partial charge is 0.469 e. The minimum Gasteiger partial charge on any atom is -0.469 e. The standard InChI is InChI=1S/C19H31N3O3.HI/c1-23-12-8-19(6-7-19)15-22-18(21-13-16-5-11-24-14-16)20-9-4-17-3-2-10-25-17;/h2-3,10,16H,4-9,11-15H2,1H3,(H2,20,21,22);1H. The van der Waals surface area contributed by atoms with Gasteiger partial charge in [-0.3, -0.25) is 4.99 Å². The van der Waals surface area contributed by atoms with E-state index in [0.717, 1.165) is 70.4 Å². The number of nitrogens with zero attached hydrogens (tertiary/aromatic N) is 1. The number of nitrogens with one attached hydrogen (secondary N) is 2. The number of halogens is 1. The molecule has 1 atom stereocenters. The molecule has 0 radical (unpaired) electrons. The summed E-state index contributed by atoms with van der Waals surface area (Å²) in [6, 6.07) is 3.93. The summed E-state index contributed by atoms with van der Waals surface area (Å²) in [5.74, 6) is 2.48. The van der Waals surface area contributed by atoms with E-state index >= 15 is 0 Å². The molecule has 3 rings (SSSR count). The maximum absolute atomic E-state index is 5.46. The topological polar surface area (TPSA) is 68.0 Å². The molecule has 0 bridgehead atoms. The van der Waals surface area contributed by atoms with Crippen LogP contribution in [0.5, 0.6) is 0 Å². The molecule has 1 saturated heterocycles. The monoisotopic (exact) mass is 477 g/mol. The zero-order valence-corrected chi connectivity index (χ0v) is 18.0. The van der Waals surface area contributed by atoms with Gasteiger partial charge in [-0.05, 0) is 43.2 Å². The highest BCUT2D eigenvalue weighted by Crippen LogP contribution is 2.48. The third-order valence-electron chi connectivity index (χ3n) is 5.19. The lowest BCUT2D eigenvalue weighted by atomic mass is 10.0. The maximum atomic E-state index is 5.46. The fraction of sp³-hybridized carbons (Fsp3) is 0.737. The lowest BCUT2D eigenvalue weighted by Crippen LogP contribution is -2.41. The number of ether oxygens (including phenoxy) is 2. The predicted molar refractivity (Wildman–Crippen MR) is 113 cm³/mol. The lowest BCUT2D eigenvalue weighted by Gasteiger charge is -2.17. The number of furan rings is 1. The second kappa shape index (κ2) is 11.1. The van der Waals surface area contributed by atoms with Crippen molar-refractivity contribution in [3.05, 3.63) is 24.2 Å². The molecule has 26 heavy (non-hydrogen) atoms. The van der Waals surface area contributed by atoms with Gasteiger partial charge >= 0.3 is 0 Å². The van der Waals surface area contributed by atoms with Crippen LogP contribution in [0.3, 0.4) is 0 Å². The molecule has 148 valence electrons. The molecule has 0 aromatic carbocycles. The van der Waals surface area contributed by atoms with E-state index in [1.54, 1.807) is 13.4 Å². The molecule has 1 aromatic heterocycles. The van der Waals surface area contributed by atoms with Gasteiger partial charge in [-0.2, -0.15) is 0 Å². The lowest BCUT2D eigenvalue weighted by molar-refractivity contribution is 0.174. The summed E-state index contributed by atoms with van der Waals surface area (Å²) in [6.45, 7) is 5.15. The molecule has 7 heteroatoms. The first-order chi connectivity index (χ1) is 12.3. The summed E-state index contributed by atoms with van der Waals surface area (Å²) >= 11 is 0. The average Bonchev–Trinajstić information content (AvgIpc) is 3.04. The van der Waals surface area contributed by atoms with E-state index in [2.05, 4.69) is 10.6 Å². The Balaban J connectivity index is 0.00000243. The van der Waals surface area contributed by atoms with E-state index in [4.69, 9.17) is 18.9 Å². The van der Waals surface area contributed by atoms with Crippen molar-refractivity contribution in [1.29, 1.82) is 0 Å². The van der Waals surface area contributed by atoms with Crippen molar-refractivity contribution >= 4 is 29.9 Å². The van der Waals surface area contributed by atoms with Crippen LogP contribution in [0.2, 0.25) is 0 Å². The van der Waals surface area contributed by atoms with E-state index in [0.29, 0.717) is 11.3 Å². The van der Waals surface area contributed by atoms with Crippen LogP contribution in [0.1, 0.15) is 31.4 Å². The molecule has 1 saturated carbocycles. The van der Waals surface area contributed by atoms with Crippen molar-refractivity contribution in [3.63, 3.8) is 0 Å². The molecule has 6 nitrogen and oxygen atoms in total. The van der Waals surface area contributed by atoms with E-state index in [9.17, 15) is 0 Å². The van der Waals surface area contributed by atoms with Gasteiger partial charge in [0.25, 0.3) is 0 Å². The van der Waals surface area contributed by atoms with Crippen molar-refractivity contribution < 1.29 is 13.9 Å². The Bertz CT molecular complexity index is 526. The minimum absolute atomic E-state index is 0. The van der Waals surface area contributed by atoms with Crippen LogP contribution in [0, 0.1) is 11.3 Å². The van der Waals surface area contributed by atoms with Gasteiger partial charge in [0, 0.05) is 52.3 Å². The van der Waals surface area contributed by atoms with Gasteiger partial charge in [0.05, 0.1) is 12.9 Å². The third-order valence-corrected chi connectivity index (χ3v) is 5.19. The Morgan fingerprint density at radius 2 is 2.27 bits per heavy atom. The van der Waals surface area contributed by atoms with Crippen LogP contribution in [0.4, 0.5) is 0 Å². The van der Waals surface area contributed by atoms with E-state index in [1.165, 1.54) is 12.8 Å². The smallest absolute Gasteiger partial charge is 0.191 e. The highest BCUT2D eigenvalue weighted by molar-refractivity contribution is 14.0. The zero-order chi connectivity index (χ0) is 17.4. The first-order valence-corrected chi connectivity index (χ1v) is 9.41. The second-order valence-corrected chi connectivity index (χ2v) is 7.27. The fourth-order valence-electron chi connectivity index (χ4n) is 3.15. The molecule has 2 aliphatic rings. The number of aliphatic imine (C=N–C) groups is 1. The Labute approximate surface area is 173 Å². The first-order valence-electron chi connectivity index (χ1n) is 9.41. The van der Waals surface area contributed by atoms with E-state index in [1.807, 2.05) is 12.1 Å². The van der Waals surface area contributed by atoms with Crippen LogP contribution < -0.4 is 10.6 Å². The molecular formula is C19H32IN3O3. The quantitative estimate of drug-likeness (QED) is 0.308. The highest BCUT2D eigenvalue weighted by Gasteiger charge is 2.41. The molecular weight excluding hydrogens is 445 g/mol. The molecule has 1 aliphatic carbocycles. The Kier molecular flexibility index (Phi) is 9.21. The Hall–Kier alpha value is -0.800. The number of rotatable bonds is 10. The van der Waals surface area contributed by atoms with Crippen molar-refractivity contribution in [2.75, 3.05) is 46.6 Å². The van der Waals surface area contributed by atoms with Crippen molar-refractivity contribution in [3.8, 4) is 0 Å². The number of guanidine groups is 1. The number of hydrogen-bond acceptors (Lipinski definition) is 4. The summed E-state index contributed by atoms with van der Waals surface area (Å²) < 4.78 is 16.1. The van der Waals surface area contributed by atoms with Crippen LogP contribution in [-0.2, 0) is 15.9 Å². The molecule has 2 fully saturated rings. The molecule has 0 spiro atoms. The zero-order valence-electron chi connectivity index (χ0n) is 15.7. The molecule has 1 unspecified atom stereocenters. The van der Waals surface area contributed by atoms with Crippen molar-refractivity contribution in [2.45, 2.75) is 32.1 Å². The van der Waals surface area contributed by atoms with Crippen molar-refractivity contribution in [2.24, 2.45) is 16.3 Å². The van der Waals surface area contributed by atoms with Gasteiger partial charge in [0.1, 0.15) is 5.76 Å². The van der Waals surface area contributed by atoms with Gasteiger partial charge in [0.15, 0.2) is 5.96 Å². The number of methoxy groups -OCH3 is 1. The summed E-state index contributed by atoms with van der Waals surface area (Å²) in [5.41, 5.74) is 0.363. The van der Waals surface area contributed by atoms with E-state index in [-0.39, 0.29) is 24.0 Å². The first kappa shape index (κ1) is 21.5. The van der Waals surface area contributed by atoms with Crippen LogP contribution in [0.25, 0.3) is 0 Å². The normalized spacial score (nSPS) is 21.3. The predicted octanol–water partition coefficient (Wildman–Crippen LogP) is 2.83. The molecule has 2 N–H and O–H groups in total. The highest BCUT2D eigenvalue weighted by atomic mass is 127. The van der Waals surface area contributed by atoms with Gasteiger partial charge in [-0.15, -0.1) is 24.0 Å². The maximum Gasteiger partial charge on any atom is 0.191 e. The molecule has 0 amide bonds. The average molecular weight is 477 g/mol. The summed E-state index contributed by atoms with van der Waals surface area (Å²) in [5, 5.41) is 6.94. The summed E-state index contributed by atoms with van der Waals surface area (Å²) in [7, 11) is 1.77. The van der Waals surface area contributed by atoms with Crippen LogP contribution in [0.15, 0.2) is 27.8 Å². The minimum atomic E-state index is 0. The fourth-order valence-corrected chi connectivity index (χ4v) is 3.15. The summed E-state index contributed by atoms with van der Waals surface area (Å²) in [6.07, 6.45) is 7.32. The van der Waals surface area contributed by atoms with Gasteiger partial charge in [0.2, 0.25) is 0 Å². The van der Waals surface area contributed by atoms with Crippen molar-refractivity contribution in [1.82, 2.24) is 10.6 Å². The third kappa shape index (κ3) is 7.08. The molecule has 2 heterocycles. The second-order valence-electron chi connectivity index (χ2n) is 7.27. The van der Waals surface area contributed by atoms with Gasteiger partial charge in [-0.1, -0.05) is 0 Å². The molecule has 1 aromatic rings. The van der Waals surface area contributed by atoms with Crippen LogP contribution in [-0.4, -0.2) is 52.5 Å². The van der Waals surface area contributed by atoms with Gasteiger partial charge in [-0.25, -0.2) is 0 Å². The Morgan fingerprint density at radius 3 is 2.92 bits per heavy atom. The molecule has 1 aliphatic heterocycles. The Morgan fingerprint density at radius 1 is 1.38 bits per heavy atom. The number of hydrogen-bond donors (Lipinski definition) is 2.